The maximum absolute atomic E-state index is 13.4. The number of methoxy groups -OCH3 is 1. The third-order valence-electron chi connectivity index (χ3n) is 2.83. The van der Waals surface area contributed by atoms with Gasteiger partial charge in [0, 0.05) is 24.7 Å². The lowest BCUT2D eigenvalue weighted by atomic mass is 10.2. The van der Waals surface area contributed by atoms with Gasteiger partial charge in [-0.25, -0.2) is 4.39 Å². The number of nitrogens with one attached hydrogen (secondary N) is 2. The van der Waals surface area contributed by atoms with Gasteiger partial charge in [0.1, 0.15) is 0 Å². The molecule has 1 amide bonds. The van der Waals surface area contributed by atoms with Gasteiger partial charge < -0.3 is 15.4 Å². The normalized spacial score (nSPS) is 14.3. The van der Waals surface area contributed by atoms with Gasteiger partial charge in [-0.3, -0.25) is 4.79 Å². The van der Waals surface area contributed by atoms with Gasteiger partial charge in [-0.15, -0.1) is 0 Å². The molecule has 0 spiro atoms. The number of carbonyl (C=O) groups excluding carboxylic acids is 1. The second kappa shape index (κ2) is 5.82. The monoisotopic (exact) mass is 252 g/mol. The van der Waals surface area contributed by atoms with Crippen molar-refractivity contribution in [3.63, 3.8) is 0 Å². The molecule has 5 heteroatoms. The molecule has 0 aromatic heterocycles. The van der Waals surface area contributed by atoms with Crippen molar-refractivity contribution < 1.29 is 13.9 Å². The number of rotatable bonds is 6. The molecule has 98 valence electrons. The molecule has 1 saturated carbocycles. The van der Waals surface area contributed by atoms with Gasteiger partial charge in [-0.1, -0.05) is 0 Å². The van der Waals surface area contributed by atoms with Crippen molar-refractivity contribution in [1.29, 1.82) is 0 Å². The van der Waals surface area contributed by atoms with E-state index in [1.807, 2.05) is 0 Å². The van der Waals surface area contributed by atoms with Crippen LogP contribution in [0, 0.1) is 5.82 Å². The van der Waals surface area contributed by atoms with Crippen molar-refractivity contribution in [3.8, 4) is 5.75 Å². The highest BCUT2D eigenvalue weighted by atomic mass is 19.1. The van der Waals surface area contributed by atoms with Crippen molar-refractivity contribution >= 4 is 5.91 Å². The number of hydrogen-bond acceptors (Lipinski definition) is 3. The number of halogens is 1. The predicted molar refractivity (Wildman–Crippen MR) is 66.3 cm³/mol. The van der Waals surface area contributed by atoms with Crippen molar-refractivity contribution in [2.75, 3.05) is 20.2 Å². The van der Waals surface area contributed by atoms with E-state index < -0.39 is 5.82 Å². The zero-order valence-corrected chi connectivity index (χ0v) is 10.3. The average molecular weight is 252 g/mol. The van der Waals surface area contributed by atoms with Gasteiger partial charge in [0.25, 0.3) is 5.91 Å². The van der Waals surface area contributed by atoms with E-state index >= 15 is 0 Å². The van der Waals surface area contributed by atoms with Crippen LogP contribution in [0.3, 0.4) is 0 Å². The van der Waals surface area contributed by atoms with Gasteiger partial charge in [-0.2, -0.15) is 0 Å². The molecule has 0 aliphatic heterocycles. The third-order valence-corrected chi connectivity index (χ3v) is 2.83. The Kier molecular flexibility index (Phi) is 4.15. The molecule has 0 heterocycles. The van der Waals surface area contributed by atoms with Crippen molar-refractivity contribution in [2.45, 2.75) is 18.9 Å². The Morgan fingerprint density at radius 2 is 2.22 bits per heavy atom. The molecule has 2 N–H and O–H groups in total. The highest BCUT2D eigenvalue weighted by Gasteiger charge is 2.19. The van der Waals surface area contributed by atoms with Crippen LogP contribution in [0.25, 0.3) is 0 Å². The SMILES string of the molecule is COc1ccc(C(=O)NCCNC2CC2)cc1F. The molecule has 18 heavy (non-hydrogen) atoms. The van der Waals surface area contributed by atoms with Gasteiger partial charge in [0.05, 0.1) is 7.11 Å². The Labute approximate surface area is 106 Å². The molecular weight excluding hydrogens is 235 g/mol. The van der Waals surface area contributed by atoms with Crippen LogP contribution in [0.5, 0.6) is 5.75 Å². The first-order valence-corrected chi connectivity index (χ1v) is 6.06. The van der Waals surface area contributed by atoms with Crippen LogP contribution in [-0.4, -0.2) is 32.1 Å². The highest BCUT2D eigenvalue weighted by molar-refractivity contribution is 5.94. The summed E-state index contributed by atoms with van der Waals surface area (Å²) in [6.07, 6.45) is 2.44. The van der Waals surface area contributed by atoms with E-state index in [1.165, 1.54) is 32.1 Å². The van der Waals surface area contributed by atoms with E-state index in [4.69, 9.17) is 4.74 Å². The molecule has 4 nitrogen and oxygen atoms in total. The van der Waals surface area contributed by atoms with Crippen LogP contribution in [0.4, 0.5) is 4.39 Å². The fourth-order valence-electron chi connectivity index (χ4n) is 1.65. The van der Waals surface area contributed by atoms with Gasteiger partial charge in [0.2, 0.25) is 0 Å². The van der Waals surface area contributed by atoms with Crippen LogP contribution in [-0.2, 0) is 0 Å². The first-order chi connectivity index (χ1) is 8.70. The number of amides is 1. The van der Waals surface area contributed by atoms with E-state index in [1.54, 1.807) is 6.07 Å². The van der Waals surface area contributed by atoms with Crippen LogP contribution >= 0.6 is 0 Å². The van der Waals surface area contributed by atoms with E-state index in [-0.39, 0.29) is 11.7 Å². The molecule has 2 rings (SSSR count). The zero-order valence-electron chi connectivity index (χ0n) is 10.3. The number of ether oxygens (including phenoxy) is 1. The molecular formula is C13H17FN2O2. The quantitative estimate of drug-likeness (QED) is 0.751. The minimum absolute atomic E-state index is 0.141. The Bertz CT molecular complexity index is 433. The fraction of sp³-hybridized carbons (Fsp3) is 0.462. The lowest BCUT2D eigenvalue weighted by Gasteiger charge is -2.07. The molecule has 1 aromatic carbocycles. The van der Waals surface area contributed by atoms with Gasteiger partial charge in [0.15, 0.2) is 11.6 Å². The maximum atomic E-state index is 13.4. The fourth-order valence-corrected chi connectivity index (χ4v) is 1.65. The van der Waals surface area contributed by atoms with Crippen LogP contribution < -0.4 is 15.4 Å². The second-order valence-electron chi connectivity index (χ2n) is 4.33. The lowest BCUT2D eigenvalue weighted by molar-refractivity contribution is 0.0953. The number of carbonyl (C=O) groups is 1. The molecule has 1 fully saturated rings. The standard InChI is InChI=1S/C13H17FN2O2/c1-18-12-5-2-9(8-11(12)14)13(17)16-7-6-15-10-3-4-10/h2,5,8,10,15H,3-4,6-7H2,1H3,(H,16,17). The Morgan fingerprint density at radius 3 is 2.83 bits per heavy atom. The summed E-state index contributed by atoms with van der Waals surface area (Å²) in [5, 5.41) is 6.02. The predicted octanol–water partition coefficient (Wildman–Crippen LogP) is 1.32. The molecule has 0 radical (unpaired) electrons. The zero-order chi connectivity index (χ0) is 13.0. The topological polar surface area (TPSA) is 50.4 Å². The minimum atomic E-state index is -0.527. The number of hydrogen-bond donors (Lipinski definition) is 2. The summed E-state index contributed by atoms with van der Waals surface area (Å²) in [4.78, 5) is 11.7. The Morgan fingerprint density at radius 1 is 1.44 bits per heavy atom. The summed E-state index contributed by atoms with van der Waals surface area (Å²) in [6.45, 7) is 1.29. The maximum Gasteiger partial charge on any atom is 0.251 e. The first kappa shape index (κ1) is 12.8. The highest BCUT2D eigenvalue weighted by Crippen LogP contribution is 2.18. The van der Waals surface area contributed by atoms with Gasteiger partial charge >= 0.3 is 0 Å². The lowest BCUT2D eigenvalue weighted by Crippen LogP contribution is -2.32. The van der Waals surface area contributed by atoms with Crippen molar-refractivity contribution in [1.82, 2.24) is 10.6 Å². The molecule has 0 saturated heterocycles. The molecule has 0 unspecified atom stereocenters. The Hall–Kier alpha value is -1.62. The van der Waals surface area contributed by atoms with Crippen LogP contribution in [0.1, 0.15) is 23.2 Å². The summed E-state index contributed by atoms with van der Waals surface area (Å²) in [7, 11) is 1.39. The van der Waals surface area contributed by atoms with Gasteiger partial charge in [-0.05, 0) is 31.0 Å². The summed E-state index contributed by atoms with van der Waals surface area (Å²) in [6, 6.07) is 4.81. The van der Waals surface area contributed by atoms with Crippen molar-refractivity contribution in [3.05, 3.63) is 29.6 Å². The molecule has 1 aromatic rings. The van der Waals surface area contributed by atoms with Crippen molar-refractivity contribution in [2.24, 2.45) is 0 Å². The van der Waals surface area contributed by atoms with E-state index in [0.717, 1.165) is 6.54 Å². The summed E-state index contributed by atoms with van der Waals surface area (Å²) in [5.74, 6) is -0.655. The van der Waals surface area contributed by atoms with Crippen LogP contribution in [0.2, 0.25) is 0 Å². The summed E-state index contributed by atoms with van der Waals surface area (Å²) < 4.78 is 18.2. The average Bonchev–Trinajstić information content (AvgIpc) is 3.18. The molecule has 1 aliphatic rings. The largest absolute Gasteiger partial charge is 0.494 e. The Balaban J connectivity index is 1.81. The molecule has 0 atom stereocenters. The summed E-state index contributed by atoms with van der Waals surface area (Å²) >= 11 is 0. The van der Waals surface area contributed by atoms with E-state index in [9.17, 15) is 9.18 Å². The van der Waals surface area contributed by atoms with E-state index in [2.05, 4.69) is 10.6 Å². The first-order valence-electron chi connectivity index (χ1n) is 6.06. The van der Waals surface area contributed by atoms with E-state index in [0.29, 0.717) is 18.2 Å². The summed E-state index contributed by atoms with van der Waals surface area (Å²) in [5.41, 5.74) is 0.305. The van der Waals surface area contributed by atoms with Crippen LogP contribution in [0.15, 0.2) is 18.2 Å². The second-order valence-corrected chi connectivity index (χ2v) is 4.33. The minimum Gasteiger partial charge on any atom is -0.494 e. The number of benzene rings is 1. The smallest absolute Gasteiger partial charge is 0.251 e. The third kappa shape index (κ3) is 3.43. The molecule has 0 bridgehead atoms. The molecule has 1 aliphatic carbocycles.